The maximum Gasteiger partial charge on any atom is 0.335 e. The van der Waals surface area contributed by atoms with Crippen molar-refractivity contribution in [1.82, 2.24) is 9.80 Å². The molecule has 4 fully saturated rings. The Bertz CT molecular complexity index is 653. The summed E-state index contributed by atoms with van der Waals surface area (Å²) in [6.07, 6.45) is 5.73. The molecule has 3 aliphatic heterocycles. The molecule has 2 atom stereocenters. The molecule has 25 heavy (non-hydrogen) atoms. The lowest BCUT2D eigenvalue weighted by Gasteiger charge is -2.36. The quantitative estimate of drug-likeness (QED) is 0.914. The van der Waals surface area contributed by atoms with Crippen molar-refractivity contribution in [3.63, 3.8) is 0 Å². The molecule has 1 amide bonds. The first-order valence-corrected chi connectivity index (χ1v) is 9.45. The number of rotatable bonds is 4. The summed E-state index contributed by atoms with van der Waals surface area (Å²) in [6.45, 7) is 3.66. The molecule has 1 N–H and O–H groups in total. The third-order valence-corrected chi connectivity index (χ3v) is 6.18. The van der Waals surface area contributed by atoms with Gasteiger partial charge in [0.25, 0.3) is 0 Å². The van der Waals surface area contributed by atoms with Crippen LogP contribution in [0.5, 0.6) is 0 Å². The number of benzene rings is 1. The average molecular weight is 342 g/mol. The summed E-state index contributed by atoms with van der Waals surface area (Å²) in [6, 6.07) is 7.63. The third-order valence-electron chi connectivity index (χ3n) is 6.18. The minimum atomic E-state index is -0.884. The number of carboxylic acid groups (broad SMARTS) is 1. The van der Waals surface area contributed by atoms with E-state index in [4.69, 9.17) is 5.11 Å². The van der Waals surface area contributed by atoms with Gasteiger partial charge in [0.05, 0.1) is 5.56 Å². The number of carbonyl (C=O) groups is 2. The Morgan fingerprint density at radius 2 is 1.76 bits per heavy atom. The molecule has 3 heterocycles. The molecule has 1 aromatic carbocycles. The molecule has 5 heteroatoms. The first kappa shape index (κ1) is 16.6. The van der Waals surface area contributed by atoms with Gasteiger partial charge >= 0.3 is 5.97 Å². The molecule has 0 aromatic heterocycles. The second-order valence-electron chi connectivity index (χ2n) is 7.90. The Morgan fingerprint density at radius 3 is 2.40 bits per heavy atom. The van der Waals surface area contributed by atoms with Crippen LogP contribution in [0.2, 0.25) is 0 Å². The van der Waals surface area contributed by atoms with E-state index in [1.54, 1.807) is 12.1 Å². The fourth-order valence-electron chi connectivity index (χ4n) is 4.45. The number of carboxylic acids is 1. The molecule has 1 aliphatic carbocycles. The summed E-state index contributed by atoms with van der Waals surface area (Å²) in [5.41, 5.74) is 1.48. The van der Waals surface area contributed by atoms with Crippen LogP contribution in [0.4, 0.5) is 0 Å². The zero-order chi connectivity index (χ0) is 17.4. The molecule has 0 radical (unpaired) electrons. The van der Waals surface area contributed by atoms with Crippen molar-refractivity contribution in [2.45, 2.75) is 44.7 Å². The van der Waals surface area contributed by atoms with Gasteiger partial charge in [-0.15, -0.1) is 0 Å². The Hall–Kier alpha value is -1.88. The van der Waals surface area contributed by atoms with Crippen LogP contribution in [0.15, 0.2) is 24.3 Å². The van der Waals surface area contributed by atoms with Crippen LogP contribution in [0, 0.1) is 11.8 Å². The van der Waals surface area contributed by atoms with Crippen molar-refractivity contribution in [1.29, 1.82) is 0 Å². The number of aromatic carboxylic acids is 1. The molecule has 0 unspecified atom stereocenters. The molecular weight excluding hydrogens is 316 g/mol. The van der Waals surface area contributed by atoms with E-state index >= 15 is 0 Å². The van der Waals surface area contributed by atoms with Gasteiger partial charge < -0.3 is 10.0 Å². The van der Waals surface area contributed by atoms with Gasteiger partial charge in [0.2, 0.25) is 5.91 Å². The van der Waals surface area contributed by atoms with E-state index in [2.05, 4.69) is 9.80 Å². The van der Waals surface area contributed by atoms with Crippen molar-refractivity contribution in [3.05, 3.63) is 35.4 Å². The van der Waals surface area contributed by atoms with Gasteiger partial charge in [-0.3, -0.25) is 9.69 Å². The van der Waals surface area contributed by atoms with Gasteiger partial charge in [-0.25, -0.2) is 4.79 Å². The van der Waals surface area contributed by atoms with Crippen molar-refractivity contribution >= 4 is 11.9 Å². The van der Waals surface area contributed by atoms with E-state index in [0.717, 1.165) is 51.0 Å². The fourth-order valence-corrected chi connectivity index (χ4v) is 4.45. The molecule has 5 nitrogen and oxygen atoms in total. The zero-order valence-electron chi connectivity index (χ0n) is 14.6. The van der Waals surface area contributed by atoms with Crippen molar-refractivity contribution in [2.24, 2.45) is 11.8 Å². The van der Waals surface area contributed by atoms with Crippen LogP contribution in [0.25, 0.3) is 0 Å². The Morgan fingerprint density at radius 1 is 1.00 bits per heavy atom. The molecule has 0 spiro atoms. The smallest absolute Gasteiger partial charge is 0.335 e. The zero-order valence-corrected chi connectivity index (χ0v) is 14.6. The Labute approximate surface area is 148 Å². The molecule has 5 rings (SSSR count). The minimum absolute atomic E-state index is 0.287. The number of piperidine rings is 1. The van der Waals surface area contributed by atoms with Crippen LogP contribution in [-0.4, -0.2) is 52.5 Å². The predicted octanol–water partition coefficient (Wildman–Crippen LogP) is 2.61. The van der Waals surface area contributed by atoms with Gasteiger partial charge in [-0.1, -0.05) is 18.6 Å². The lowest BCUT2D eigenvalue weighted by Crippen LogP contribution is -2.45. The first-order chi connectivity index (χ1) is 12.1. The van der Waals surface area contributed by atoms with E-state index in [0.29, 0.717) is 23.4 Å². The molecule has 4 aliphatic rings. The van der Waals surface area contributed by atoms with Gasteiger partial charge in [0.1, 0.15) is 0 Å². The van der Waals surface area contributed by atoms with Crippen LogP contribution in [0.3, 0.4) is 0 Å². The highest BCUT2D eigenvalue weighted by molar-refractivity contribution is 5.87. The van der Waals surface area contributed by atoms with Gasteiger partial charge in [0.15, 0.2) is 0 Å². The molecule has 1 saturated carbocycles. The highest BCUT2D eigenvalue weighted by Crippen LogP contribution is 2.33. The summed E-state index contributed by atoms with van der Waals surface area (Å²) >= 11 is 0. The second-order valence-corrected chi connectivity index (χ2v) is 7.90. The standard InChI is InChI=1S/C20H26N2O3/c23-19(16-2-1-3-16)22-12-15-6-9-18(13-22)21(11-15)10-14-4-7-17(8-5-14)20(24)25/h4-5,7-8,15-16,18H,1-3,6,9-13H2,(H,24,25)/t15-,18-/m1/s1. The normalized spacial score (nSPS) is 27.0. The largest absolute Gasteiger partial charge is 0.478 e. The maximum absolute atomic E-state index is 12.7. The molecular formula is C20H26N2O3. The first-order valence-electron chi connectivity index (χ1n) is 9.45. The fraction of sp³-hybridized carbons (Fsp3) is 0.600. The second kappa shape index (κ2) is 6.79. The monoisotopic (exact) mass is 342 g/mol. The van der Waals surface area contributed by atoms with E-state index in [-0.39, 0.29) is 5.92 Å². The number of amides is 1. The van der Waals surface area contributed by atoms with E-state index in [1.165, 1.54) is 12.8 Å². The molecule has 134 valence electrons. The van der Waals surface area contributed by atoms with Gasteiger partial charge in [-0.2, -0.15) is 0 Å². The highest BCUT2D eigenvalue weighted by atomic mass is 16.4. The van der Waals surface area contributed by atoms with Gasteiger partial charge in [0, 0.05) is 38.1 Å². The van der Waals surface area contributed by atoms with Crippen LogP contribution in [-0.2, 0) is 11.3 Å². The Kier molecular flexibility index (Phi) is 4.50. The topological polar surface area (TPSA) is 60.9 Å². The minimum Gasteiger partial charge on any atom is -0.478 e. The summed E-state index contributed by atoms with van der Waals surface area (Å²) in [5.74, 6) is 0.358. The van der Waals surface area contributed by atoms with Crippen molar-refractivity contribution < 1.29 is 14.7 Å². The third kappa shape index (κ3) is 3.43. The summed E-state index contributed by atoms with van der Waals surface area (Å²) in [5, 5.41) is 9.02. The molecule has 1 aromatic rings. The Balaban J connectivity index is 1.43. The van der Waals surface area contributed by atoms with E-state index < -0.39 is 5.97 Å². The lowest BCUT2D eigenvalue weighted by atomic mass is 9.84. The maximum atomic E-state index is 12.7. The SMILES string of the molecule is O=C(O)c1ccc(CN2C[C@H]3CC[C@@H]2CN(C(=O)C2CCC2)C3)cc1. The highest BCUT2D eigenvalue weighted by Gasteiger charge is 2.39. The number of fused-ring (bicyclic) bond motifs is 4. The number of carbonyl (C=O) groups excluding carboxylic acids is 1. The lowest BCUT2D eigenvalue weighted by molar-refractivity contribution is -0.138. The van der Waals surface area contributed by atoms with E-state index in [9.17, 15) is 9.59 Å². The summed E-state index contributed by atoms with van der Waals surface area (Å²) in [7, 11) is 0. The number of hydrogen-bond donors (Lipinski definition) is 1. The average Bonchev–Trinajstić information content (AvgIpc) is 2.85. The molecule has 2 bridgehead atoms. The number of hydrogen-bond acceptors (Lipinski definition) is 3. The summed E-state index contributed by atoms with van der Waals surface area (Å²) in [4.78, 5) is 28.3. The summed E-state index contributed by atoms with van der Waals surface area (Å²) < 4.78 is 0. The van der Waals surface area contributed by atoms with E-state index in [1.807, 2.05) is 12.1 Å². The van der Waals surface area contributed by atoms with Gasteiger partial charge in [-0.05, 0) is 49.3 Å². The van der Waals surface area contributed by atoms with Crippen LogP contribution in [0.1, 0.15) is 48.0 Å². The number of nitrogens with zero attached hydrogens (tertiary/aromatic N) is 2. The van der Waals surface area contributed by atoms with Crippen LogP contribution < -0.4 is 0 Å². The van der Waals surface area contributed by atoms with Crippen molar-refractivity contribution in [2.75, 3.05) is 19.6 Å². The predicted molar refractivity (Wildman–Crippen MR) is 94.2 cm³/mol. The van der Waals surface area contributed by atoms with Crippen molar-refractivity contribution in [3.8, 4) is 0 Å². The molecule has 3 saturated heterocycles. The van der Waals surface area contributed by atoms with Crippen LogP contribution >= 0.6 is 0 Å².